The molecule has 8 nitrogen and oxygen atoms in total. The Kier molecular flexibility index (Phi) is 6.91. The second-order valence-electron chi connectivity index (χ2n) is 3.40. The van der Waals surface area contributed by atoms with E-state index in [1.807, 2.05) is 0 Å². The Bertz CT molecular complexity index is 313. The number of hydrogen-bond acceptors (Lipinski definition) is 8. The molecule has 104 valence electrons. The second-order valence-corrected chi connectivity index (χ2v) is 3.40. The highest BCUT2D eigenvalue weighted by atomic mass is 16.6. The molecule has 0 rings (SSSR count). The first-order valence-electron chi connectivity index (χ1n) is 5.03. The fourth-order valence-corrected chi connectivity index (χ4v) is 1.16. The Morgan fingerprint density at radius 1 is 1.06 bits per heavy atom. The predicted molar refractivity (Wildman–Crippen MR) is 56.3 cm³/mol. The Balaban J connectivity index is 4.71. The van der Waals surface area contributed by atoms with Crippen LogP contribution < -0.4 is 0 Å². The van der Waals surface area contributed by atoms with Crippen molar-refractivity contribution in [2.24, 2.45) is 0 Å². The Morgan fingerprint density at radius 3 is 2.06 bits per heavy atom. The first kappa shape index (κ1) is 16.3. The lowest BCUT2D eigenvalue weighted by Gasteiger charge is -2.22. The molecule has 2 N–H and O–H groups in total. The van der Waals surface area contributed by atoms with E-state index in [4.69, 9.17) is 5.11 Å². The molecule has 0 bridgehead atoms. The van der Waals surface area contributed by atoms with Crippen LogP contribution in [-0.2, 0) is 28.6 Å². The monoisotopic (exact) mass is 264 g/mol. The number of hydrogen-bond donors (Lipinski definition) is 2. The van der Waals surface area contributed by atoms with Crippen molar-refractivity contribution >= 4 is 17.9 Å². The van der Waals surface area contributed by atoms with Gasteiger partial charge in [0.2, 0.25) is 0 Å². The summed E-state index contributed by atoms with van der Waals surface area (Å²) in [6.07, 6.45) is -1.50. The minimum Gasteiger partial charge on any atom is -0.469 e. The summed E-state index contributed by atoms with van der Waals surface area (Å²) in [4.78, 5) is 33.7. The zero-order valence-electron chi connectivity index (χ0n) is 10.2. The first-order valence-corrected chi connectivity index (χ1v) is 5.03. The van der Waals surface area contributed by atoms with E-state index in [1.54, 1.807) is 0 Å². The van der Waals surface area contributed by atoms with Crippen molar-refractivity contribution in [1.82, 2.24) is 0 Å². The third-order valence-electron chi connectivity index (χ3n) is 2.02. The van der Waals surface area contributed by atoms with Gasteiger partial charge in [-0.2, -0.15) is 0 Å². The molecule has 0 aromatic heterocycles. The van der Waals surface area contributed by atoms with E-state index < -0.39 is 36.4 Å². The number of carbonyl (C=O) groups excluding carboxylic acids is 3. The molecule has 0 aliphatic rings. The van der Waals surface area contributed by atoms with Crippen LogP contribution in [0.2, 0.25) is 0 Å². The molecule has 0 fully saturated rings. The van der Waals surface area contributed by atoms with Crippen LogP contribution in [0.25, 0.3) is 0 Å². The Labute approximate surface area is 103 Å². The highest BCUT2D eigenvalue weighted by Crippen LogP contribution is 2.19. The lowest BCUT2D eigenvalue weighted by atomic mass is 9.96. The van der Waals surface area contributed by atoms with Crippen LogP contribution >= 0.6 is 0 Å². The molecule has 0 aliphatic heterocycles. The molecule has 0 amide bonds. The van der Waals surface area contributed by atoms with E-state index in [2.05, 4.69) is 14.2 Å². The van der Waals surface area contributed by atoms with Gasteiger partial charge < -0.3 is 24.4 Å². The zero-order valence-corrected chi connectivity index (χ0v) is 10.2. The summed E-state index contributed by atoms with van der Waals surface area (Å²) in [7, 11) is 2.08. The van der Waals surface area contributed by atoms with Crippen LogP contribution in [0.15, 0.2) is 0 Å². The third kappa shape index (κ3) is 5.11. The summed E-state index contributed by atoms with van der Waals surface area (Å²) in [6, 6.07) is 0. The fraction of sp³-hybridized carbons (Fsp3) is 0.700. The number of esters is 3. The lowest BCUT2D eigenvalue weighted by molar-refractivity contribution is -0.175. The van der Waals surface area contributed by atoms with Crippen LogP contribution in [0.4, 0.5) is 0 Å². The van der Waals surface area contributed by atoms with E-state index >= 15 is 0 Å². The van der Waals surface area contributed by atoms with Crippen molar-refractivity contribution in [3.05, 3.63) is 0 Å². The molecule has 1 atom stereocenters. The van der Waals surface area contributed by atoms with Gasteiger partial charge in [0.05, 0.1) is 33.7 Å². The number of aliphatic hydroxyl groups is 2. The topological polar surface area (TPSA) is 119 Å². The summed E-state index contributed by atoms with van der Waals surface area (Å²) >= 11 is 0. The van der Waals surface area contributed by atoms with Crippen molar-refractivity contribution < 1.29 is 38.8 Å². The van der Waals surface area contributed by atoms with Gasteiger partial charge in [0.25, 0.3) is 0 Å². The van der Waals surface area contributed by atoms with Gasteiger partial charge in [-0.3, -0.25) is 9.59 Å². The van der Waals surface area contributed by atoms with Crippen molar-refractivity contribution in [3.63, 3.8) is 0 Å². The first-order chi connectivity index (χ1) is 8.39. The highest BCUT2D eigenvalue weighted by molar-refractivity contribution is 5.89. The molecule has 0 aromatic rings. The molecule has 0 heterocycles. The molecule has 0 saturated heterocycles. The van der Waals surface area contributed by atoms with Crippen LogP contribution in [0, 0.1) is 0 Å². The van der Waals surface area contributed by atoms with Crippen LogP contribution in [0.1, 0.15) is 12.8 Å². The van der Waals surface area contributed by atoms with Crippen molar-refractivity contribution in [2.45, 2.75) is 18.4 Å². The molecule has 18 heavy (non-hydrogen) atoms. The molecule has 0 aliphatic carbocycles. The fourth-order valence-electron chi connectivity index (χ4n) is 1.16. The number of rotatable bonds is 7. The van der Waals surface area contributed by atoms with Gasteiger partial charge in [-0.05, 0) is 0 Å². The van der Waals surface area contributed by atoms with Gasteiger partial charge >= 0.3 is 17.9 Å². The second kappa shape index (κ2) is 7.62. The SMILES string of the molecule is COC(=O)CC(O)(CC(=O)OCCO)C(=O)OC. The summed E-state index contributed by atoms with van der Waals surface area (Å²) in [6.45, 7) is -0.659. The summed E-state index contributed by atoms with van der Waals surface area (Å²) in [5.41, 5.74) is -2.34. The Morgan fingerprint density at radius 2 is 1.61 bits per heavy atom. The van der Waals surface area contributed by atoms with Crippen LogP contribution in [0.3, 0.4) is 0 Å². The summed E-state index contributed by atoms with van der Waals surface area (Å²) in [5.74, 6) is -2.97. The maximum absolute atomic E-state index is 11.4. The van der Waals surface area contributed by atoms with E-state index in [1.165, 1.54) is 0 Å². The minimum absolute atomic E-state index is 0.270. The van der Waals surface area contributed by atoms with Gasteiger partial charge in [0, 0.05) is 0 Å². The summed E-state index contributed by atoms with van der Waals surface area (Å²) < 4.78 is 13.1. The maximum Gasteiger partial charge on any atom is 0.339 e. The molecule has 0 saturated carbocycles. The van der Waals surface area contributed by atoms with Gasteiger partial charge in [-0.1, -0.05) is 0 Å². The number of methoxy groups -OCH3 is 2. The van der Waals surface area contributed by atoms with Crippen molar-refractivity contribution in [2.75, 3.05) is 27.4 Å². The van der Waals surface area contributed by atoms with E-state index in [-0.39, 0.29) is 13.2 Å². The smallest absolute Gasteiger partial charge is 0.339 e. The van der Waals surface area contributed by atoms with E-state index in [0.29, 0.717) is 0 Å². The average molecular weight is 264 g/mol. The van der Waals surface area contributed by atoms with Gasteiger partial charge in [0.1, 0.15) is 6.61 Å². The largest absolute Gasteiger partial charge is 0.469 e. The van der Waals surface area contributed by atoms with E-state index in [9.17, 15) is 19.5 Å². The highest BCUT2D eigenvalue weighted by Gasteiger charge is 2.42. The van der Waals surface area contributed by atoms with Gasteiger partial charge in [-0.25, -0.2) is 4.79 Å². The molecule has 0 aromatic carbocycles. The van der Waals surface area contributed by atoms with Gasteiger partial charge in [-0.15, -0.1) is 0 Å². The molecular formula is C10H16O8. The predicted octanol–water partition coefficient (Wildman–Crippen LogP) is -1.62. The maximum atomic E-state index is 11.4. The van der Waals surface area contributed by atoms with Crippen molar-refractivity contribution in [1.29, 1.82) is 0 Å². The van der Waals surface area contributed by atoms with Gasteiger partial charge in [0.15, 0.2) is 5.60 Å². The third-order valence-corrected chi connectivity index (χ3v) is 2.02. The van der Waals surface area contributed by atoms with Crippen molar-refractivity contribution in [3.8, 4) is 0 Å². The molecule has 0 spiro atoms. The van der Waals surface area contributed by atoms with Crippen LogP contribution in [-0.4, -0.2) is 61.2 Å². The van der Waals surface area contributed by atoms with E-state index in [0.717, 1.165) is 14.2 Å². The zero-order chi connectivity index (χ0) is 14.2. The normalized spacial score (nSPS) is 13.3. The molecule has 8 heteroatoms. The van der Waals surface area contributed by atoms with Crippen LogP contribution in [0.5, 0.6) is 0 Å². The average Bonchev–Trinajstić information content (AvgIpc) is 2.34. The Hall–Kier alpha value is -1.67. The lowest BCUT2D eigenvalue weighted by Crippen LogP contribution is -2.44. The number of carbonyl (C=O) groups is 3. The minimum atomic E-state index is -2.34. The quantitative estimate of drug-likeness (QED) is 0.416. The number of ether oxygens (including phenoxy) is 3. The molecular weight excluding hydrogens is 248 g/mol. The number of aliphatic hydroxyl groups excluding tert-OH is 1. The standard InChI is InChI=1S/C10H16O8/c1-16-7(12)5-10(15,9(14)17-2)6-8(13)18-4-3-11/h11,15H,3-6H2,1-2H3. The molecule has 0 radical (unpaired) electrons. The molecule has 1 unspecified atom stereocenters. The summed E-state index contributed by atoms with van der Waals surface area (Å²) in [5, 5.41) is 18.4.